The molecule has 0 radical (unpaired) electrons. The molecule has 0 saturated heterocycles. The molecule has 1 heterocycles. The highest BCUT2D eigenvalue weighted by atomic mass is 15.1. The molecule has 106 valence electrons. The summed E-state index contributed by atoms with van der Waals surface area (Å²) in [7, 11) is 0. The molecule has 3 rings (SSSR count). The Morgan fingerprint density at radius 2 is 2.00 bits per heavy atom. The number of hydrogen-bond donors (Lipinski definition) is 1. The Morgan fingerprint density at radius 1 is 1.25 bits per heavy atom. The summed E-state index contributed by atoms with van der Waals surface area (Å²) in [6, 6.07) is 9.27. The number of imidazole rings is 1. The van der Waals surface area contributed by atoms with Gasteiger partial charge in [-0.3, -0.25) is 0 Å². The third-order valence-corrected chi connectivity index (χ3v) is 3.88. The van der Waals surface area contributed by atoms with Crippen LogP contribution in [0.1, 0.15) is 50.9 Å². The Labute approximate surface area is 121 Å². The van der Waals surface area contributed by atoms with E-state index in [2.05, 4.69) is 59.9 Å². The van der Waals surface area contributed by atoms with Crippen LogP contribution in [0.2, 0.25) is 0 Å². The van der Waals surface area contributed by atoms with Crippen LogP contribution in [-0.2, 0) is 12.0 Å². The fraction of sp³-hybridized carbons (Fsp3) is 0.471. The lowest BCUT2D eigenvalue weighted by Crippen LogP contribution is -2.15. The van der Waals surface area contributed by atoms with E-state index in [0.717, 1.165) is 6.54 Å². The lowest BCUT2D eigenvalue weighted by Gasteiger charge is -2.23. The number of aromatic nitrogens is 2. The van der Waals surface area contributed by atoms with Crippen molar-refractivity contribution in [3.8, 4) is 0 Å². The molecule has 1 saturated carbocycles. The summed E-state index contributed by atoms with van der Waals surface area (Å²) in [5, 5.41) is 3.58. The highest BCUT2D eigenvalue weighted by Gasteiger charge is 2.25. The molecule has 1 fully saturated rings. The second-order valence-electron chi connectivity index (χ2n) is 6.67. The van der Waals surface area contributed by atoms with E-state index in [4.69, 9.17) is 0 Å². The number of rotatable bonds is 4. The lowest BCUT2D eigenvalue weighted by atomic mass is 9.86. The van der Waals surface area contributed by atoms with Crippen LogP contribution < -0.4 is 5.32 Å². The van der Waals surface area contributed by atoms with Crippen LogP contribution in [-0.4, -0.2) is 9.55 Å². The quantitative estimate of drug-likeness (QED) is 0.904. The number of anilines is 1. The Bertz CT molecular complexity index is 588. The van der Waals surface area contributed by atoms with Gasteiger partial charge in [0.15, 0.2) is 0 Å². The standard InChI is InChI=1S/C17H23N3/c1-17(2,3)15-6-4-5-7-16(15)19-11-14-10-18-12-20(14)13-8-9-13/h4-7,10,12-13,19H,8-9,11H2,1-3H3. The van der Waals surface area contributed by atoms with Crippen molar-refractivity contribution in [1.29, 1.82) is 0 Å². The second-order valence-corrected chi connectivity index (χ2v) is 6.67. The van der Waals surface area contributed by atoms with Crippen molar-refractivity contribution in [2.24, 2.45) is 0 Å². The van der Waals surface area contributed by atoms with Crippen molar-refractivity contribution in [1.82, 2.24) is 9.55 Å². The van der Waals surface area contributed by atoms with Crippen molar-refractivity contribution in [3.63, 3.8) is 0 Å². The SMILES string of the molecule is CC(C)(C)c1ccccc1NCc1cncn1C1CC1. The molecule has 3 heteroatoms. The van der Waals surface area contributed by atoms with E-state index in [1.807, 2.05) is 12.5 Å². The molecular weight excluding hydrogens is 246 g/mol. The highest BCUT2D eigenvalue weighted by molar-refractivity contribution is 5.54. The Hall–Kier alpha value is -1.77. The first-order chi connectivity index (χ1) is 9.55. The number of benzene rings is 1. The molecule has 0 amide bonds. The Balaban J connectivity index is 1.77. The normalized spacial score (nSPS) is 15.3. The number of para-hydroxylation sites is 1. The van der Waals surface area contributed by atoms with Gasteiger partial charge in [-0.1, -0.05) is 39.0 Å². The van der Waals surface area contributed by atoms with E-state index in [-0.39, 0.29) is 5.41 Å². The van der Waals surface area contributed by atoms with Crippen LogP contribution >= 0.6 is 0 Å². The summed E-state index contributed by atoms with van der Waals surface area (Å²) >= 11 is 0. The van der Waals surface area contributed by atoms with Crippen molar-refractivity contribution < 1.29 is 0 Å². The number of nitrogens with one attached hydrogen (secondary N) is 1. The minimum atomic E-state index is 0.153. The Kier molecular flexibility index (Phi) is 3.28. The minimum absolute atomic E-state index is 0.153. The maximum Gasteiger partial charge on any atom is 0.0951 e. The highest BCUT2D eigenvalue weighted by Crippen LogP contribution is 2.36. The average molecular weight is 269 g/mol. The van der Waals surface area contributed by atoms with Gasteiger partial charge in [0.1, 0.15) is 0 Å². The minimum Gasteiger partial charge on any atom is -0.379 e. The van der Waals surface area contributed by atoms with Crippen LogP contribution in [0, 0.1) is 0 Å². The maximum absolute atomic E-state index is 4.29. The zero-order chi connectivity index (χ0) is 14.2. The molecule has 3 nitrogen and oxygen atoms in total. The third kappa shape index (κ3) is 2.72. The van der Waals surface area contributed by atoms with E-state index >= 15 is 0 Å². The third-order valence-electron chi connectivity index (χ3n) is 3.88. The van der Waals surface area contributed by atoms with E-state index < -0.39 is 0 Å². The predicted molar refractivity (Wildman–Crippen MR) is 83.0 cm³/mol. The largest absolute Gasteiger partial charge is 0.379 e. The molecule has 0 spiro atoms. The van der Waals surface area contributed by atoms with E-state index in [1.165, 1.54) is 29.8 Å². The molecule has 0 aliphatic heterocycles. The first kappa shape index (κ1) is 13.2. The van der Waals surface area contributed by atoms with Gasteiger partial charge in [-0.05, 0) is 29.9 Å². The van der Waals surface area contributed by atoms with Crippen LogP contribution in [0.3, 0.4) is 0 Å². The topological polar surface area (TPSA) is 29.9 Å². The van der Waals surface area contributed by atoms with Gasteiger partial charge in [0.25, 0.3) is 0 Å². The van der Waals surface area contributed by atoms with Gasteiger partial charge >= 0.3 is 0 Å². The van der Waals surface area contributed by atoms with E-state index in [0.29, 0.717) is 6.04 Å². The second kappa shape index (κ2) is 4.97. The van der Waals surface area contributed by atoms with Gasteiger partial charge in [-0.25, -0.2) is 4.98 Å². The summed E-state index contributed by atoms with van der Waals surface area (Å²) in [5.41, 5.74) is 4.01. The van der Waals surface area contributed by atoms with E-state index in [1.54, 1.807) is 0 Å². The summed E-state index contributed by atoms with van der Waals surface area (Å²) in [4.78, 5) is 4.29. The number of hydrogen-bond acceptors (Lipinski definition) is 2. The van der Waals surface area contributed by atoms with Gasteiger partial charge < -0.3 is 9.88 Å². The summed E-state index contributed by atoms with van der Waals surface area (Å²) in [5.74, 6) is 0. The van der Waals surface area contributed by atoms with Crippen LogP contribution in [0.5, 0.6) is 0 Å². The average Bonchev–Trinajstić information content (AvgIpc) is 3.15. The molecule has 1 aliphatic rings. The Morgan fingerprint density at radius 3 is 2.70 bits per heavy atom. The van der Waals surface area contributed by atoms with Crippen LogP contribution in [0.15, 0.2) is 36.8 Å². The van der Waals surface area contributed by atoms with Gasteiger partial charge in [-0.15, -0.1) is 0 Å². The molecule has 0 bridgehead atoms. The molecule has 0 unspecified atom stereocenters. The smallest absolute Gasteiger partial charge is 0.0951 e. The van der Waals surface area contributed by atoms with E-state index in [9.17, 15) is 0 Å². The summed E-state index contributed by atoms with van der Waals surface area (Å²) in [6.45, 7) is 7.59. The van der Waals surface area contributed by atoms with Crippen molar-refractivity contribution >= 4 is 5.69 Å². The number of nitrogens with zero attached hydrogens (tertiary/aromatic N) is 2. The molecule has 20 heavy (non-hydrogen) atoms. The molecule has 2 aromatic rings. The zero-order valence-corrected chi connectivity index (χ0v) is 12.6. The van der Waals surface area contributed by atoms with Gasteiger partial charge in [-0.2, -0.15) is 0 Å². The molecule has 0 atom stereocenters. The monoisotopic (exact) mass is 269 g/mol. The fourth-order valence-electron chi connectivity index (χ4n) is 2.63. The predicted octanol–water partition coefficient (Wildman–Crippen LogP) is 4.13. The lowest BCUT2D eigenvalue weighted by molar-refractivity contribution is 0.591. The molecule has 1 aromatic heterocycles. The molecule has 1 N–H and O–H groups in total. The molecule has 1 aromatic carbocycles. The van der Waals surface area contributed by atoms with Gasteiger partial charge in [0.2, 0.25) is 0 Å². The molecular formula is C17H23N3. The molecule has 1 aliphatic carbocycles. The van der Waals surface area contributed by atoms with Crippen molar-refractivity contribution in [3.05, 3.63) is 48.0 Å². The summed E-state index contributed by atoms with van der Waals surface area (Å²) < 4.78 is 2.31. The maximum atomic E-state index is 4.29. The van der Waals surface area contributed by atoms with Crippen molar-refractivity contribution in [2.75, 3.05) is 5.32 Å². The summed E-state index contributed by atoms with van der Waals surface area (Å²) in [6.07, 6.45) is 6.53. The van der Waals surface area contributed by atoms with Gasteiger partial charge in [0.05, 0.1) is 18.6 Å². The van der Waals surface area contributed by atoms with Gasteiger partial charge in [0, 0.05) is 17.9 Å². The fourth-order valence-corrected chi connectivity index (χ4v) is 2.63. The first-order valence-electron chi connectivity index (χ1n) is 7.40. The van der Waals surface area contributed by atoms with Crippen LogP contribution in [0.4, 0.5) is 5.69 Å². The zero-order valence-electron chi connectivity index (χ0n) is 12.6. The first-order valence-corrected chi connectivity index (χ1v) is 7.40. The van der Waals surface area contributed by atoms with Crippen molar-refractivity contribution in [2.45, 2.75) is 51.6 Å². The van der Waals surface area contributed by atoms with Crippen LogP contribution in [0.25, 0.3) is 0 Å².